The van der Waals surface area contributed by atoms with Crippen LogP contribution in [0.25, 0.3) is 11.3 Å². The van der Waals surface area contributed by atoms with Crippen LogP contribution in [0.2, 0.25) is 0 Å². The van der Waals surface area contributed by atoms with Gasteiger partial charge in [0.2, 0.25) is 5.95 Å². The lowest BCUT2D eigenvalue weighted by atomic mass is 10.1. The molecule has 16 heavy (non-hydrogen) atoms. The highest BCUT2D eigenvalue weighted by molar-refractivity contribution is 5.57. The monoisotopic (exact) mass is 214 g/mol. The standard InChI is InChI=1S/C12H14N4/c1-2-3-9-4-5-11(14-6-9)10-7-15-12(13)16-8-10/h4-8H,2-3H2,1H3,(H2,13,15,16). The number of nitrogens with two attached hydrogens (primary N) is 1. The third kappa shape index (κ3) is 2.34. The first-order chi connectivity index (χ1) is 7.79. The van der Waals surface area contributed by atoms with Crippen molar-refractivity contribution in [1.29, 1.82) is 0 Å². The van der Waals surface area contributed by atoms with Crippen LogP contribution in [0.5, 0.6) is 0 Å². The number of aryl methyl sites for hydroxylation is 1. The summed E-state index contributed by atoms with van der Waals surface area (Å²) in [4.78, 5) is 12.3. The Hall–Kier alpha value is -1.97. The van der Waals surface area contributed by atoms with E-state index in [0.29, 0.717) is 0 Å². The molecule has 82 valence electrons. The van der Waals surface area contributed by atoms with Gasteiger partial charge in [-0.3, -0.25) is 4.98 Å². The molecule has 0 unspecified atom stereocenters. The van der Waals surface area contributed by atoms with Gasteiger partial charge in [-0.1, -0.05) is 19.4 Å². The van der Waals surface area contributed by atoms with E-state index < -0.39 is 0 Å². The number of pyridine rings is 1. The molecule has 2 aromatic rings. The Labute approximate surface area is 94.6 Å². The molecule has 0 spiro atoms. The maximum Gasteiger partial charge on any atom is 0.219 e. The van der Waals surface area contributed by atoms with Crippen molar-refractivity contribution in [2.75, 3.05) is 5.73 Å². The summed E-state index contributed by atoms with van der Waals surface area (Å²) < 4.78 is 0. The Morgan fingerprint density at radius 3 is 2.38 bits per heavy atom. The van der Waals surface area contributed by atoms with Crippen LogP contribution in [-0.4, -0.2) is 15.0 Å². The fraction of sp³-hybridized carbons (Fsp3) is 0.250. The van der Waals surface area contributed by atoms with E-state index in [0.717, 1.165) is 24.1 Å². The van der Waals surface area contributed by atoms with Crippen LogP contribution in [0.4, 0.5) is 5.95 Å². The highest BCUT2D eigenvalue weighted by Gasteiger charge is 2.00. The average molecular weight is 214 g/mol. The second-order valence-electron chi connectivity index (χ2n) is 3.63. The molecule has 0 aliphatic rings. The average Bonchev–Trinajstić information content (AvgIpc) is 2.32. The van der Waals surface area contributed by atoms with Crippen molar-refractivity contribution >= 4 is 5.95 Å². The van der Waals surface area contributed by atoms with E-state index >= 15 is 0 Å². The number of hydrogen-bond acceptors (Lipinski definition) is 4. The predicted octanol–water partition coefficient (Wildman–Crippen LogP) is 2.07. The summed E-state index contributed by atoms with van der Waals surface area (Å²) in [5, 5.41) is 0. The fourth-order valence-corrected chi connectivity index (χ4v) is 1.50. The lowest BCUT2D eigenvalue weighted by Crippen LogP contribution is -1.94. The molecule has 2 aromatic heterocycles. The third-order valence-corrected chi connectivity index (χ3v) is 2.33. The van der Waals surface area contributed by atoms with Crippen LogP contribution in [0.3, 0.4) is 0 Å². The molecule has 0 aromatic carbocycles. The molecule has 2 heterocycles. The number of aromatic nitrogens is 3. The van der Waals surface area contributed by atoms with E-state index in [2.05, 4.69) is 27.9 Å². The molecule has 0 amide bonds. The summed E-state index contributed by atoms with van der Waals surface area (Å²) in [7, 11) is 0. The molecule has 0 radical (unpaired) electrons. The quantitative estimate of drug-likeness (QED) is 0.849. The number of anilines is 1. The summed E-state index contributed by atoms with van der Waals surface area (Å²) in [5.74, 6) is 0.284. The SMILES string of the molecule is CCCc1ccc(-c2cnc(N)nc2)nc1. The number of nitrogens with zero attached hydrogens (tertiary/aromatic N) is 3. The van der Waals surface area contributed by atoms with Gasteiger partial charge in [-0.05, 0) is 18.1 Å². The van der Waals surface area contributed by atoms with Gasteiger partial charge >= 0.3 is 0 Å². The molecule has 4 heteroatoms. The first-order valence-electron chi connectivity index (χ1n) is 5.32. The molecule has 0 fully saturated rings. The van der Waals surface area contributed by atoms with Gasteiger partial charge < -0.3 is 5.73 Å². The molecule has 0 aliphatic carbocycles. The Balaban J connectivity index is 2.24. The minimum atomic E-state index is 0.284. The van der Waals surface area contributed by atoms with Crippen LogP contribution in [-0.2, 0) is 6.42 Å². The Morgan fingerprint density at radius 1 is 1.06 bits per heavy atom. The van der Waals surface area contributed by atoms with Crippen molar-refractivity contribution in [2.45, 2.75) is 19.8 Å². The zero-order valence-corrected chi connectivity index (χ0v) is 9.22. The van der Waals surface area contributed by atoms with E-state index in [4.69, 9.17) is 5.73 Å². The zero-order valence-electron chi connectivity index (χ0n) is 9.22. The van der Waals surface area contributed by atoms with E-state index in [1.54, 1.807) is 12.4 Å². The molecule has 2 rings (SSSR count). The minimum absolute atomic E-state index is 0.284. The molecule has 0 atom stereocenters. The van der Waals surface area contributed by atoms with Crippen molar-refractivity contribution in [3.8, 4) is 11.3 Å². The van der Waals surface area contributed by atoms with Crippen molar-refractivity contribution in [3.63, 3.8) is 0 Å². The topological polar surface area (TPSA) is 64.7 Å². The van der Waals surface area contributed by atoms with Crippen molar-refractivity contribution in [2.24, 2.45) is 0 Å². The highest BCUT2D eigenvalue weighted by Crippen LogP contribution is 2.15. The Bertz CT molecular complexity index is 447. The van der Waals surface area contributed by atoms with Gasteiger partial charge in [-0.25, -0.2) is 9.97 Å². The summed E-state index contributed by atoms with van der Waals surface area (Å²) in [6.07, 6.45) is 7.46. The van der Waals surface area contributed by atoms with Gasteiger partial charge in [0.15, 0.2) is 0 Å². The van der Waals surface area contributed by atoms with E-state index in [9.17, 15) is 0 Å². The molecule has 0 aliphatic heterocycles. The zero-order chi connectivity index (χ0) is 11.4. The van der Waals surface area contributed by atoms with E-state index in [-0.39, 0.29) is 5.95 Å². The van der Waals surface area contributed by atoms with Gasteiger partial charge in [-0.15, -0.1) is 0 Å². The molecular formula is C12H14N4. The minimum Gasteiger partial charge on any atom is -0.368 e. The summed E-state index contributed by atoms with van der Waals surface area (Å²) in [6, 6.07) is 4.07. The summed E-state index contributed by atoms with van der Waals surface area (Å²) in [6.45, 7) is 2.15. The molecule has 0 saturated carbocycles. The molecule has 4 nitrogen and oxygen atoms in total. The Morgan fingerprint density at radius 2 is 1.81 bits per heavy atom. The Kier molecular flexibility index (Phi) is 3.10. The second-order valence-corrected chi connectivity index (χ2v) is 3.63. The molecule has 0 bridgehead atoms. The van der Waals surface area contributed by atoms with Gasteiger partial charge in [0.1, 0.15) is 0 Å². The lowest BCUT2D eigenvalue weighted by molar-refractivity contribution is 0.914. The van der Waals surface area contributed by atoms with Crippen LogP contribution in [0.15, 0.2) is 30.7 Å². The van der Waals surface area contributed by atoms with Gasteiger partial charge in [0.25, 0.3) is 0 Å². The second kappa shape index (κ2) is 4.70. The maximum absolute atomic E-state index is 5.43. The van der Waals surface area contributed by atoms with Crippen molar-refractivity contribution in [1.82, 2.24) is 15.0 Å². The number of hydrogen-bond donors (Lipinski definition) is 1. The van der Waals surface area contributed by atoms with Crippen molar-refractivity contribution < 1.29 is 0 Å². The molecule has 0 saturated heterocycles. The smallest absolute Gasteiger partial charge is 0.219 e. The summed E-state index contributed by atoms with van der Waals surface area (Å²) >= 11 is 0. The van der Waals surface area contributed by atoms with Gasteiger partial charge in [0.05, 0.1) is 5.69 Å². The van der Waals surface area contributed by atoms with E-state index in [1.165, 1.54) is 5.56 Å². The first kappa shape index (κ1) is 10.5. The van der Waals surface area contributed by atoms with Gasteiger partial charge in [-0.2, -0.15) is 0 Å². The van der Waals surface area contributed by atoms with Gasteiger partial charge in [0, 0.05) is 24.2 Å². The lowest BCUT2D eigenvalue weighted by Gasteiger charge is -2.02. The van der Waals surface area contributed by atoms with Crippen LogP contribution < -0.4 is 5.73 Å². The fourth-order valence-electron chi connectivity index (χ4n) is 1.50. The number of rotatable bonds is 3. The normalized spacial score (nSPS) is 10.3. The maximum atomic E-state index is 5.43. The predicted molar refractivity (Wildman–Crippen MR) is 63.7 cm³/mol. The third-order valence-electron chi connectivity index (χ3n) is 2.33. The largest absolute Gasteiger partial charge is 0.368 e. The van der Waals surface area contributed by atoms with Crippen LogP contribution >= 0.6 is 0 Å². The first-order valence-corrected chi connectivity index (χ1v) is 5.32. The van der Waals surface area contributed by atoms with Crippen LogP contribution in [0.1, 0.15) is 18.9 Å². The molecular weight excluding hydrogens is 200 g/mol. The number of nitrogen functional groups attached to an aromatic ring is 1. The summed E-state index contributed by atoms with van der Waals surface area (Å²) in [5.41, 5.74) is 8.44. The van der Waals surface area contributed by atoms with E-state index in [1.807, 2.05) is 12.3 Å². The highest BCUT2D eigenvalue weighted by atomic mass is 15.0. The van der Waals surface area contributed by atoms with Crippen molar-refractivity contribution in [3.05, 3.63) is 36.3 Å². The van der Waals surface area contributed by atoms with Crippen LogP contribution in [0, 0.1) is 0 Å². The molecule has 2 N–H and O–H groups in total.